The molecule has 0 aromatic carbocycles. The molecule has 0 spiro atoms. The Balaban J connectivity index is 2.19. The van der Waals surface area contributed by atoms with Crippen molar-refractivity contribution in [1.82, 2.24) is 19.5 Å². The predicted octanol–water partition coefficient (Wildman–Crippen LogP) is 1.37. The summed E-state index contributed by atoms with van der Waals surface area (Å²) in [6.45, 7) is 0.598. The van der Waals surface area contributed by atoms with E-state index in [4.69, 9.17) is 11.6 Å². The minimum Gasteiger partial charge on any atom is -0.330 e. The third-order valence-corrected chi connectivity index (χ3v) is 1.77. The van der Waals surface area contributed by atoms with Crippen molar-refractivity contribution in [2.24, 2.45) is 0 Å². The smallest absolute Gasteiger partial charge is 0.149 e. The molecule has 0 atom stereocenters. The fourth-order valence-electron chi connectivity index (χ4n) is 0.994. The van der Waals surface area contributed by atoms with Crippen LogP contribution in [0.3, 0.4) is 0 Å². The van der Waals surface area contributed by atoms with E-state index in [0.29, 0.717) is 17.5 Å². The first-order chi connectivity index (χ1) is 6.34. The van der Waals surface area contributed by atoms with Crippen LogP contribution in [-0.2, 0) is 6.54 Å². The highest BCUT2D eigenvalue weighted by Crippen LogP contribution is 2.03. The lowest BCUT2D eigenvalue weighted by Crippen LogP contribution is -2.01. The number of aromatic nitrogens is 4. The maximum atomic E-state index is 5.71. The molecule has 13 heavy (non-hydrogen) atoms. The molecule has 66 valence electrons. The van der Waals surface area contributed by atoms with Gasteiger partial charge in [0, 0.05) is 18.6 Å². The van der Waals surface area contributed by atoms with Gasteiger partial charge in [-0.2, -0.15) is 0 Å². The predicted molar refractivity (Wildman–Crippen MR) is 48.4 cm³/mol. The lowest BCUT2D eigenvalue weighted by Gasteiger charge is -1.99. The highest BCUT2D eigenvalue weighted by molar-refractivity contribution is 6.29. The minimum absolute atomic E-state index is 0.463. The Morgan fingerprint density at radius 2 is 2.31 bits per heavy atom. The molecule has 0 amide bonds. The molecule has 2 aromatic rings. The van der Waals surface area contributed by atoms with Gasteiger partial charge in [0.1, 0.15) is 11.0 Å². The maximum Gasteiger partial charge on any atom is 0.149 e. The van der Waals surface area contributed by atoms with Gasteiger partial charge in [-0.25, -0.2) is 15.0 Å². The lowest BCUT2D eigenvalue weighted by molar-refractivity contribution is 0.743. The van der Waals surface area contributed by atoms with Crippen LogP contribution in [0.1, 0.15) is 5.82 Å². The van der Waals surface area contributed by atoms with Gasteiger partial charge >= 0.3 is 0 Å². The van der Waals surface area contributed by atoms with Gasteiger partial charge in [0.15, 0.2) is 0 Å². The minimum atomic E-state index is 0.463. The van der Waals surface area contributed by atoms with Gasteiger partial charge in [-0.3, -0.25) is 0 Å². The summed E-state index contributed by atoms with van der Waals surface area (Å²) in [5.74, 6) is 0.686. The molecule has 0 bridgehead atoms. The second-order valence-electron chi connectivity index (χ2n) is 2.53. The van der Waals surface area contributed by atoms with E-state index in [1.807, 2.05) is 10.8 Å². The monoisotopic (exact) mass is 194 g/mol. The van der Waals surface area contributed by atoms with Gasteiger partial charge < -0.3 is 4.57 Å². The molecule has 4 nitrogen and oxygen atoms in total. The lowest BCUT2D eigenvalue weighted by atomic mass is 10.5. The second kappa shape index (κ2) is 3.53. The summed E-state index contributed by atoms with van der Waals surface area (Å²) in [5.41, 5.74) is 0. The Labute approximate surface area is 80.2 Å². The van der Waals surface area contributed by atoms with Gasteiger partial charge in [0.25, 0.3) is 0 Å². The Kier molecular flexibility index (Phi) is 2.23. The summed E-state index contributed by atoms with van der Waals surface area (Å²) in [6, 6.07) is 1.65. The highest BCUT2D eigenvalue weighted by atomic mass is 35.5. The topological polar surface area (TPSA) is 43.6 Å². The summed E-state index contributed by atoms with van der Waals surface area (Å²) >= 11 is 5.71. The molecule has 0 radical (unpaired) electrons. The molecule has 0 saturated heterocycles. The third-order valence-electron chi connectivity index (χ3n) is 1.55. The van der Waals surface area contributed by atoms with E-state index in [2.05, 4.69) is 15.0 Å². The summed E-state index contributed by atoms with van der Waals surface area (Å²) in [4.78, 5) is 12.0. The molecule has 0 aliphatic carbocycles. The van der Waals surface area contributed by atoms with Crippen molar-refractivity contribution < 1.29 is 0 Å². The van der Waals surface area contributed by atoms with Crippen LogP contribution in [0.25, 0.3) is 0 Å². The zero-order valence-electron chi connectivity index (χ0n) is 6.76. The fourth-order valence-corrected chi connectivity index (χ4v) is 1.15. The van der Waals surface area contributed by atoms with Crippen LogP contribution in [0, 0.1) is 0 Å². The van der Waals surface area contributed by atoms with Crippen LogP contribution in [0.4, 0.5) is 0 Å². The Bertz CT molecular complexity index is 385. The zero-order valence-corrected chi connectivity index (χ0v) is 7.52. The summed E-state index contributed by atoms with van der Waals surface area (Å²) in [7, 11) is 0. The molecule has 0 saturated carbocycles. The number of nitrogens with zero attached hydrogens (tertiary/aromatic N) is 4. The normalized spacial score (nSPS) is 10.2. The van der Waals surface area contributed by atoms with Gasteiger partial charge in [0.05, 0.1) is 12.9 Å². The highest BCUT2D eigenvalue weighted by Gasteiger charge is 1.97. The summed E-state index contributed by atoms with van der Waals surface area (Å²) in [6.07, 6.45) is 6.92. The van der Waals surface area contributed by atoms with E-state index >= 15 is 0 Å². The van der Waals surface area contributed by atoms with Crippen molar-refractivity contribution in [3.63, 3.8) is 0 Å². The van der Waals surface area contributed by atoms with Crippen LogP contribution < -0.4 is 0 Å². The van der Waals surface area contributed by atoms with Crippen molar-refractivity contribution in [3.8, 4) is 0 Å². The van der Waals surface area contributed by atoms with Crippen molar-refractivity contribution in [2.75, 3.05) is 0 Å². The largest absolute Gasteiger partial charge is 0.330 e. The standard InChI is InChI=1S/C8H7ClN4/c9-7-1-2-11-8(12-7)5-13-4-3-10-6-13/h1-4,6H,5H2. The average Bonchev–Trinajstić information content (AvgIpc) is 2.57. The van der Waals surface area contributed by atoms with E-state index in [1.54, 1.807) is 24.8 Å². The molecule has 0 aliphatic heterocycles. The van der Waals surface area contributed by atoms with Crippen LogP contribution in [-0.4, -0.2) is 19.5 Å². The van der Waals surface area contributed by atoms with Crippen LogP contribution >= 0.6 is 11.6 Å². The van der Waals surface area contributed by atoms with Gasteiger partial charge in [-0.1, -0.05) is 11.6 Å². The van der Waals surface area contributed by atoms with E-state index in [-0.39, 0.29) is 0 Å². The van der Waals surface area contributed by atoms with Gasteiger partial charge in [-0.05, 0) is 6.07 Å². The summed E-state index contributed by atoms with van der Waals surface area (Å²) in [5, 5.41) is 0.463. The van der Waals surface area contributed by atoms with Crippen LogP contribution in [0.2, 0.25) is 5.15 Å². The first-order valence-corrected chi connectivity index (χ1v) is 4.15. The number of hydrogen-bond acceptors (Lipinski definition) is 3. The van der Waals surface area contributed by atoms with E-state index in [1.165, 1.54) is 0 Å². The number of halogens is 1. The number of rotatable bonds is 2. The van der Waals surface area contributed by atoms with Gasteiger partial charge in [0.2, 0.25) is 0 Å². The number of imidazole rings is 1. The molecule has 2 heterocycles. The fraction of sp³-hybridized carbons (Fsp3) is 0.125. The molecule has 0 unspecified atom stereocenters. The molecule has 0 aliphatic rings. The Hall–Kier alpha value is -1.42. The van der Waals surface area contributed by atoms with Gasteiger partial charge in [-0.15, -0.1) is 0 Å². The van der Waals surface area contributed by atoms with Crippen LogP contribution in [0.5, 0.6) is 0 Å². The Morgan fingerprint density at radius 1 is 1.38 bits per heavy atom. The molecular weight excluding hydrogens is 188 g/mol. The average molecular weight is 195 g/mol. The van der Waals surface area contributed by atoms with Crippen molar-refractivity contribution in [3.05, 3.63) is 42.0 Å². The Morgan fingerprint density at radius 3 is 3.00 bits per heavy atom. The first-order valence-electron chi connectivity index (χ1n) is 3.78. The van der Waals surface area contributed by atoms with E-state index in [9.17, 15) is 0 Å². The van der Waals surface area contributed by atoms with Crippen molar-refractivity contribution >= 4 is 11.6 Å². The second-order valence-corrected chi connectivity index (χ2v) is 2.92. The SMILES string of the molecule is Clc1ccnc(Cn2ccnc2)n1. The van der Waals surface area contributed by atoms with E-state index < -0.39 is 0 Å². The zero-order chi connectivity index (χ0) is 9.10. The third kappa shape index (κ3) is 2.03. The van der Waals surface area contributed by atoms with Crippen molar-refractivity contribution in [2.45, 2.75) is 6.54 Å². The molecule has 0 fully saturated rings. The quantitative estimate of drug-likeness (QED) is 0.679. The summed E-state index contributed by atoms with van der Waals surface area (Å²) < 4.78 is 1.88. The maximum absolute atomic E-state index is 5.71. The van der Waals surface area contributed by atoms with Crippen LogP contribution in [0.15, 0.2) is 31.0 Å². The van der Waals surface area contributed by atoms with Crippen molar-refractivity contribution in [1.29, 1.82) is 0 Å². The molecule has 0 N–H and O–H groups in total. The molecule has 5 heteroatoms. The van der Waals surface area contributed by atoms with E-state index in [0.717, 1.165) is 0 Å². The number of hydrogen-bond donors (Lipinski definition) is 0. The molecular formula is C8H7ClN4. The molecule has 2 aromatic heterocycles. The first kappa shape index (κ1) is 8.19. The molecule has 2 rings (SSSR count).